The van der Waals surface area contributed by atoms with Crippen LogP contribution in [0.3, 0.4) is 0 Å². The maximum absolute atomic E-state index is 12.3. The Hall–Kier alpha value is -1.31. The van der Waals surface area contributed by atoms with E-state index in [1.807, 2.05) is 12.1 Å². The molecule has 0 N–H and O–H groups in total. The highest BCUT2D eigenvalue weighted by molar-refractivity contribution is 8.00. The molecule has 1 aliphatic rings. The average molecular weight is 407 g/mol. The van der Waals surface area contributed by atoms with Crippen molar-refractivity contribution in [2.75, 3.05) is 26.3 Å². The summed E-state index contributed by atoms with van der Waals surface area (Å²) in [7, 11) is 0. The average Bonchev–Trinajstić information content (AvgIpc) is 2.58. The molecule has 0 radical (unpaired) electrons. The van der Waals surface area contributed by atoms with Crippen molar-refractivity contribution in [3.63, 3.8) is 0 Å². The van der Waals surface area contributed by atoms with E-state index in [0.717, 1.165) is 4.90 Å². The van der Waals surface area contributed by atoms with Crippen LogP contribution in [0.4, 0.5) is 9.59 Å². The number of carbonyl (C=O) groups is 2. The van der Waals surface area contributed by atoms with E-state index in [-0.39, 0.29) is 36.9 Å². The number of benzene rings is 1. The second kappa shape index (κ2) is 9.40. The third-order valence-corrected chi connectivity index (χ3v) is 5.62. The van der Waals surface area contributed by atoms with Gasteiger partial charge in [0.1, 0.15) is 0 Å². The second-order valence-corrected chi connectivity index (χ2v) is 7.50. The predicted molar refractivity (Wildman–Crippen MR) is 98.2 cm³/mol. The monoisotopic (exact) mass is 406 g/mol. The summed E-state index contributed by atoms with van der Waals surface area (Å²) in [6.07, 6.45) is -1.21. The fraction of sp³-hybridized carbons (Fsp3) is 0.500. The van der Waals surface area contributed by atoms with E-state index in [1.54, 1.807) is 26.0 Å². The van der Waals surface area contributed by atoms with Crippen molar-refractivity contribution in [2.24, 2.45) is 0 Å². The summed E-state index contributed by atoms with van der Waals surface area (Å²) in [5.41, 5.74) is 0. The molecular weight excluding hydrogens is 387 g/mol. The Morgan fingerprint density at radius 2 is 1.60 bits per heavy atom. The van der Waals surface area contributed by atoms with Crippen molar-refractivity contribution >= 4 is 47.2 Å². The summed E-state index contributed by atoms with van der Waals surface area (Å²) in [5, 5.41) is 2.65. The van der Waals surface area contributed by atoms with Crippen molar-refractivity contribution in [3.8, 4) is 0 Å². The molecule has 0 bridgehead atoms. The lowest BCUT2D eigenvalue weighted by Gasteiger charge is -2.42. The number of hydrazine groups is 1. The lowest BCUT2D eigenvalue weighted by Crippen LogP contribution is -2.60. The van der Waals surface area contributed by atoms with Gasteiger partial charge in [0, 0.05) is 15.2 Å². The van der Waals surface area contributed by atoms with E-state index in [0.29, 0.717) is 5.02 Å². The molecule has 1 aromatic carbocycles. The Morgan fingerprint density at radius 3 is 2.12 bits per heavy atom. The number of ether oxygens (including phenoxy) is 2. The molecule has 1 fully saturated rings. The van der Waals surface area contributed by atoms with Crippen LogP contribution in [0.15, 0.2) is 29.2 Å². The van der Waals surface area contributed by atoms with Crippen molar-refractivity contribution in [3.05, 3.63) is 29.3 Å². The van der Waals surface area contributed by atoms with Gasteiger partial charge in [0.05, 0.1) is 31.7 Å². The molecule has 6 nitrogen and oxygen atoms in total. The minimum absolute atomic E-state index is 0.113. The molecule has 0 spiro atoms. The summed E-state index contributed by atoms with van der Waals surface area (Å²) in [6, 6.07) is 7.38. The van der Waals surface area contributed by atoms with Gasteiger partial charge in [-0.1, -0.05) is 11.6 Å². The number of amides is 2. The number of alkyl halides is 1. The van der Waals surface area contributed by atoms with Crippen LogP contribution in [0.5, 0.6) is 0 Å². The number of hydrogen-bond donors (Lipinski definition) is 0. The molecule has 1 heterocycles. The summed E-state index contributed by atoms with van der Waals surface area (Å²) in [6.45, 7) is 4.23. The van der Waals surface area contributed by atoms with Crippen LogP contribution in [0, 0.1) is 0 Å². The van der Waals surface area contributed by atoms with Crippen molar-refractivity contribution < 1.29 is 19.1 Å². The fourth-order valence-corrected chi connectivity index (χ4v) is 3.89. The minimum atomic E-state index is -0.615. The number of rotatable bonds is 4. The molecule has 0 saturated carbocycles. The summed E-state index contributed by atoms with van der Waals surface area (Å²) >= 11 is 13.9. The molecule has 0 aromatic heterocycles. The van der Waals surface area contributed by atoms with Gasteiger partial charge in [0.2, 0.25) is 0 Å². The van der Waals surface area contributed by atoms with Gasteiger partial charge in [-0.15, -0.1) is 23.4 Å². The van der Waals surface area contributed by atoms with Crippen LogP contribution >= 0.6 is 35.0 Å². The van der Waals surface area contributed by atoms with Crippen LogP contribution < -0.4 is 0 Å². The SMILES string of the molecule is CCOC(=O)N1C[C@H](Cl)[C@H](Sc2ccc(Cl)cc2)CN1C(=O)OCC. The minimum Gasteiger partial charge on any atom is -0.448 e. The molecule has 0 unspecified atom stereocenters. The predicted octanol–water partition coefficient (Wildman–Crippen LogP) is 4.25. The molecule has 0 aliphatic carbocycles. The number of carbonyl (C=O) groups excluding carboxylic acids is 2. The van der Waals surface area contributed by atoms with Gasteiger partial charge in [-0.2, -0.15) is 0 Å². The Bertz CT molecular complexity index is 602. The molecule has 1 saturated heterocycles. The van der Waals surface area contributed by atoms with E-state index in [4.69, 9.17) is 32.7 Å². The highest BCUT2D eigenvalue weighted by Gasteiger charge is 2.40. The topological polar surface area (TPSA) is 59.1 Å². The van der Waals surface area contributed by atoms with Crippen LogP contribution in [0.25, 0.3) is 0 Å². The first-order chi connectivity index (χ1) is 12.0. The molecule has 1 aromatic rings. The lowest BCUT2D eigenvalue weighted by molar-refractivity contribution is -0.0330. The zero-order chi connectivity index (χ0) is 18.4. The molecule has 1 aliphatic heterocycles. The first-order valence-electron chi connectivity index (χ1n) is 7.91. The zero-order valence-electron chi connectivity index (χ0n) is 14.0. The number of thioether (sulfide) groups is 1. The van der Waals surface area contributed by atoms with Gasteiger partial charge in [0.15, 0.2) is 0 Å². The smallest absolute Gasteiger partial charge is 0.428 e. The molecule has 9 heteroatoms. The van der Waals surface area contributed by atoms with Crippen LogP contribution in [-0.2, 0) is 9.47 Å². The molecule has 2 rings (SSSR count). The van der Waals surface area contributed by atoms with E-state index in [1.165, 1.54) is 21.8 Å². The highest BCUT2D eigenvalue weighted by atomic mass is 35.5. The summed E-state index contributed by atoms with van der Waals surface area (Å²) in [4.78, 5) is 25.4. The second-order valence-electron chi connectivity index (χ2n) is 5.19. The maximum Gasteiger partial charge on any atom is 0.428 e. The Morgan fingerprint density at radius 1 is 1.08 bits per heavy atom. The van der Waals surface area contributed by atoms with Crippen LogP contribution in [0.2, 0.25) is 5.02 Å². The quantitative estimate of drug-likeness (QED) is 0.699. The van der Waals surface area contributed by atoms with Gasteiger partial charge >= 0.3 is 12.2 Å². The summed E-state index contributed by atoms with van der Waals surface area (Å²) in [5.74, 6) is 0. The summed E-state index contributed by atoms with van der Waals surface area (Å²) < 4.78 is 10.1. The maximum atomic E-state index is 12.3. The van der Waals surface area contributed by atoms with Crippen molar-refractivity contribution in [2.45, 2.75) is 29.4 Å². The molecular formula is C16H20Cl2N2O4S. The Balaban J connectivity index is 2.14. The number of nitrogens with zero attached hydrogens (tertiary/aromatic N) is 2. The van der Waals surface area contributed by atoms with E-state index in [9.17, 15) is 9.59 Å². The van der Waals surface area contributed by atoms with E-state index in [2.05, 4.69) is 0 Å². The number of halogens is 2. The third kappa shape index (κ3) is 5.33. The molecule has 138 valence electrons. The van der Waals surface area contributed by atoms with Gasteiger partial charge < -0.3 is 9.47 Å². The Kier molecular flexibility index (Phi) is 7.53. The lowest BCUT2D eigenvalue weighted by atomic mass is 10.2. The Labute approximate surface area is 161 Å². The van der Waals surface area contributed by atoms with Gasteiger partial charge in [0.25, 0.3) is 0 Å². The largest absolute Gasteiger partial charge is 0.448 e. The molecule has 2 amide bonds. The van der Waals surface area contributed by atoms with E-state index < -0.39 is 12.2 Å². The van der Waals surface area contributed by atoms with Crippen molar-refractivity contribution in [1.82, 2.24) is 10.0 Å². The zero-order valence-corrected chi connectivity index (χ0v) is 16.3. The standard InChI is InChI=1S/C16H20Cl2N2O4S/c1-3-23-15(21)19-9-13(18)14(10-20(19)16(22)24-4-2)25-12-7-5-11(17)6-8-12/h5-8,13-14H,3-4,9-10H2,1-2H3/t13-,14+/m0/s1. The van der Waals surface area contributed by atoms with Crippen LogP contribution in [-0.4, -0.2) is 59.1 Å². The van der Waals surface area contributed by atoms with Gasteiger partial charge in [-0.05, 0) is 38.1 Å². The van der Waals surface area contributed by atoms with Crippen LogP contribution in [0.1, 0.15) is 13.8 Å². The van der Waals surface area contributed by atoms with Gasteiger partial charge in [-0.3, -0.25) is 0 Å². The number of hydrogen-bond acceptors (Lipinski definition) is 5. The van der Waals surface area contributed by atoms with Crippen molar-refractivity contribution in [1.29, 1.82) is 0 Å². The molecule has 25 heavy (non-hydrogen) atoms. The molecule has 2 atom stereocenters. The van der Waals surface area contributed by atoms with E-state index >= 15 is 0 Å². The normalized spacial score (nSPS) is 20.3. The first-order valence-corrected chi connectivity index (χ1v) is 9.60. The van der Waals surface area contributed by atoms with Gasteiger partial charge in [-0.25, -0.2) is 19.6 Å². The fourth-order valence-electron chi connectivity index (χ4n) is 2.31. The third-order valence-electron chi connectivity index (χ3n) is 3.45. The first kappa shape index (κ1) is 20.0. The highest BCUT2D eigenvalue weighted by Crippen LogP contribution is 2.33.